The van der Waals surface area contributed by atoms with Gasteiger partial charge < -0.3 is 25.0 Å². The number of hydrogen-bond donors (Lipinski definition) is 2. The summed E-state index contributed by atoms with van der Waals surface area (Å²) in [5, 5.41) is 13.1. The van der Waals surface area contributed by atoms with Crippen LogP contribution in [0.2, 0.25) is 0 Å². The van der Waals surface area contributed by atoms with Crippen molar-refractivity contribution in [3.05, 3.63) is 78.2 Å². The normalized spacial score (nSPS) is 25.7. The first-order valence-electron chi connectivity index (χ1n) is 20.5. The van der Waals surface area contributed by atoms with Crippen molar-refractivity contribution >= 4 is 40.7 Å². The van der Waals surface area contributed by atoms with Crippen LogP contribution in [0.5, 0.6) is 0 Å². The van der Waals surface area contributed by atoms with Crippen molar-refractivity contribution in [2.75, 3.05) is 74.2 Å². The number of benzene rings is 1. The number of anilines is 3. The van der Waals surface area contributed by atoms with Gasteiger partial charge in [-0.05, 0) is 66.4 Å². The summed E-state index contributed by atoms with van der Waals surface area (Å²) in [5.74, 6) is 0.431. The maximum Gasteiger partial charge on any atom is 0.329 e. The number of amides is 4. The molecule has 3 aliphatic heterocycles. The molecule has 2 atom stereocenters. The summed E-state index contributed by atoms with van der Waals surface area (Å²) < 4.78 is 15.0. The molecule has 5 heterocycles. The summed E-state index contributed by atoms with van der Waals surface area (Å²) in [7, 11) is 1.60. The van der Waals surface area contributed by atoms with Crippen LogP contribution < -0.4 is 25.8 Å². The Hall–Kier alpha value is -5.23. The summed E-state index contributed by atoms with van der Waals surface area (Å²) in [6, 6.07) is 12.0. The molecule has 0 radical (unpaired) electrons. The highest BCUT2D eigenvalue weighted by Gasteiger charge is 2.70. The highest BCUT2D eigenvalue weighted by molar-refractivity contribution is 6.05. The van der Waals surface area contributed by atoms with Crippen molar-refractivity contribution in [2.45, 2.75) is 70.7 Å². The number of hydrogen-bond acceptors (Lipinski definition) is 10. The standard InChI is InChI=1S/C44H55N9O5/c1-41(2)28-42(3,4)44(41,58-43(29-45)15-7-6-8-35(43)57-5)33-24-31(39(46)55)9-10-34(33)51-16-11-30(12-17-51)27-49-20-22-50(23-21-49)32-13-18-52-36(25-32)47-26-38(52)53-19-14-37(54)48-40(53)56/h6-10,13,15,18,24-26,30,35H,11-12,14,16-17,19-23,27-28H2,1-5H3,(H2,46,55)(H,48,54,56)/t35?,43-/m1/s1. The van der Waals surface area contributed by atoms with Crippen LogP contribution in [0.3, 0.4) is 0 Å². The molecule has 0 bridgehead atoms. The Morgan fingerprint density at radius 3 is 2.38 bits per heavy atom. The number of nitriles is 1. The van der Waals surface area contributed by atoms with Gasteiger partial charge in [0.15, 0.2) is 0 Å². The minimum absolute atomic E-state index is 0.260. The van der Waals surface area contributed by atoms with Crippen LogP contribution in [-0.2, 0) is 19.9 Å². The second-order valence-electron chi connectivity index (χ2n) is 17.8. The molecule has 0 spiro atoms. The van der Waals surface area contributed by atoms with Gasteiger partial charge in [0.25, 0.3) is 0 Å². The van der Waals surface area contributed by atoms with E-state index in [0.29, 0.717) is 23.8 Å². The van der Waals surface area contributed by atoms with Gasteiger partial charge in [-0.25, -0.2) is 9.78 Å². The maximum absolute atomic E-state index is 12.7. The molecule has 3 aromatic rings. The summed E-state index contributed by atoms with van der Waals surface area (Å²) in [5.41, 5.74) is 7.00. The molecule has 4 amide bonds. The number of imide groups is 1. The number of carbonyl (C=O) groups is 3. The van der Waals surface area contributed by atoms with Crippen molar-refractivity contribution < 1.29 is 23.9 Å². The second-order valence-corrected chi connectivity index (χ2v) is 17.8. The predicted octanol–water partition coefficient (Wildman–Crippen LogP) is 4.99. The molecule has 14 nitrogen and oxygen atoms in total. The number of imidazole rings is 1. The smallest absolute Gasteiger partial charge is 0.329 e. The van der Waals surface area contributed by atoms with Crippen molar-refractivity contribution in [1.29, 1.82) is 5.26 Å². The molecule has 58 heavy (non-hydrogen) atoms. The van der Waals surface area contributed by atoms with Crippen LogP contribution in [0, 0.1) is 28.1 Å². The second kappa shape index (κ2) is 14.9. The number of urea groups is 1. The average Bonchev–Trinajstić information content (AvgIpc) is 3.63. The van der Waals surface area contributed by atoms with Gasteiger partial charge in [0.2, 0.25) is 17.4 Å². The summed E-state index contributed by atoms with van der Waals surface area (Å²) in [4.78, 5) is 50.3. The molecule has 2 aromatic heterocycles. The van der Waals surface area contributed by atoms with E-state index >= 15 is 0 Å². The van der Waals surface area contributed by atoms with E-state index in [9.17, 15) is 19.6 Å². The number of carbonyl (C=O) groups excluding carboxylic acids is 3. The van der Waals surface area contributed by atoms with Crippen molar-refractivity contribution in [3.63, 3.8) is 0 Å². The number of primary amides is 1. The Bertz CT molecular complexity index is 2190. The van der Waals surface area contributed by atoms with Crippen LogP contribution >= 0.6 is 0 Å². The fraction of sp³-hybridized carbons (Fsp3) is 0.523. The molecule has 3 N–H and O–H groups in total. The third-order valence-corrected chi connectivity index (χ3v) is 13.4. The first-order chi connectivity index (χ1) is 27.7. The highest BCUT2D eigenvalue weighted by Crippen LogP contribution is 2.71. The number of pyridine rings is 1. The quantitative estimate of drug-likeness (QED) is 0.287. The van der Waals surface area contributed by atoms with Crippen LogP contribution in [0.1, 0.15) is 69.3 Å². The monoisotopic (exact) mass is 789 g/mol. The van der Waals surface area contributed by atoms with Crippen LogP contribution in [0.15, 0.2) is 67.0 Å². The third-order valence-electron chi connectivity index (χ3n) is 13.4. The lowest BCUT2D eigenvalue weighted by Gasteiger charge is -2.68. The molecule has 3 saturated heterocycles. The van der Waals surface area contributed by atoms with Crippen molar-refractivity contribution in [2.24, 2.45) is 22.5 Å². The molecular weight excluding hydrogens is 735 g/mol. The van der Waals surface area contributed by atoms with Crippen molar-refractivity contribution in [3.8, 4) is 6.07 Å². The number of nitrogens with one attached hydrogen (secondary N) is 1. The number of piperazine rings is 1. The first-order valence-corrected chi connectivity index (χ1v) is 20.5. The van der Waals surface area contributed by atoms with Gasteiger partial charge in [0.05, 0.1) is 6.20 Å². The Kier molecular flexibility index (Phi) is 10.1. The highest BCUT2D eigenvalue weighted by atomic mass is 16.6. The lowest BCUT2D eigenvalue weighted by atomic mass is 9.42. The number of piperidine rings is 1. The zero-order chi connectivity index (χ0) is 41.0. The third kappa shape index (κ3) is 6.63. The topological polar surface area (TPSA) is 162 Å². The van der Waals surface area contributed by atoms with Crippen LogP contribution in [0.4, 0.5) is 22.0 Å². The van der Waals surface area contributed by atoms with Gasteiger partial charge in [-0.3, -0.25) is 29.1 Å². The molecule has 14 heteroatoms. The number of aromatic nitrogens is 2. The lowest BCUT2D eigenvalue weighted by Crippen LogP contribution is -2.69. The number of nitrogens with zero attached hydrogens (tertiary/aromatic N) is 7. The van der Waals surface area contributed by atoms with E-state index in [1.165, 1.54) is 0 Å². The Morgan fingerprint density at radius 2 is 1.72 bits per heavy atom. The van der Waals surface area contributed by atoms with Gasteiger partial charge >= 0.3 is 6.03 Å². The van der Waals surface area contributed by atoms with Crippen LogP contribution in [-0.4, -0.2) is 103 Å². The fourth-order valence-electron chi connectivity index (χ4n) is 10.8. The number of fused-ring (bicyclic) bond motifs is 1. The average molecular weight is 790 g/mol. The Labute approximate surface area is 340 Å². The number of allylic oxidation sites excluding steroid dienone is 2. The minimum atomic E-state index is -1.37. The molecule has 5 aliphatic rings. The zero-order valence-electron chi connectivity index (χ0n) is 34.2. The zero-order valence-corrected chi connectivity index (χ0v) is 34.2. The van der Waals surface area contributed by atoms with Gasteiger partial charge in [0, 0.05) is 101 Å². The van der Waals surface area contributed by atoms with Crippen LogP contribution in [0.25, 0.3) is 5.65 Å². The van der Waals surface area contributed by atoms with E-state index in [0.717, 1.165) is 87.7 Å². The first kappa shape index (κ1) is 39.6. The molecule has 1 aromatic carbocycles. The molecule has 8 rings (SSSR count). The summed E-state index contributed by atoms with van der Waals surface area (Å²) >= 11 is 0. The Morgan fingerprint density at radius 1 is 0.983 bits per heavy atom. The maximum atomic E-state index is 12.7. The van der Waals surface area contributed by atoms with Crippen molar-refractivity contribution in [1.82, 2.24) is 19.6 Å². The van der Waals surface area contributed by atoms with E-state index < -0.39 is 29.2 Å². The van der Waals surface area contributed by atoms with E-state index in [-0.39, 0.29) is 23.2 Å². The lowest BCUT2D eigenvalue weighted by molar-refractivity contribution is -0.318. The molecule has 2 aliphatic carbocycles. The predicted molar refractivity (Wildman–Crippen MR) is 222 cm³/mol. The van der Waals surface area contributed by atoms with Gasteiger partial charge in [-0.2, -0.15) is 5.26 Å². The number of nitrogens with two attached hydrogens (primary N) is 1. The molecule has 1 unspecified atom stereocenters. The summed E-state index contributed by atoms with van der Waals surface area (Å²) in [6.07, 6.45) is 13.6. The SMILES string of the molecule is COC1C=CC=C[C@]1(C#N)OC1(c2cc(C(N)=O)ccc2N2CCC(CN3CCN(c4ccn5c(N6CCC(=O)NC6=O)cnc5c4)CC3)CC2)C(C)(C)CC1(C)C. The number of ether oxygens (including phenoxy) is 2. The Balaban J connectivity index is 0.950. The van der Waals surface area contributed by atoms with E-state index in [4.69, 9.17) is 15.2 Å². The van der Waals surface area contributed by atoms with Gasteiger partial charge in [-0.1, -0.05) is 45.9 Å². The summed E-state index contributed by atoms with van der Waals surface area (Å²) in [6.45, 7) is 15.6. The van der Waals surface area contributed by atoms with E-state index in [1.54, 1.807) is 24.3 Å². The largest absolute Gasteiger partial charge is 0.373 e. The fourth-order valence-corrected chi connectivity index (χ4v) is 10.8. The molecule has 4 fully saturated rings. The number of methoxy groups -OCH3 is 1. The van der Waals surface area contributed by atoms with Gasteiger partial charge in [0.1, 0.15) is 29.2 Å². The van der Waals surface area contributed by atoms with E-state index in [1.807, 2.05) is 47.0 Å². The number of rotatable bonds is 10. The molecular formula is C44H55N9O5. The molecule has 1 saturated carbocycles. The van der Waals surface area contributed by atoms with E-state index in [2.05, 4.69) is 70.9 Å². The van der Waals surface area contributed by atoms with Gasteiger partial charge in [-0.15, -0.1) is 0 Å². The molecule has 306 valence electrons. The minimum Gasteiger partial charge on any atom is -0.373 e.